The summed E-state index contributed by atoms with van der Waals surface area (Å²) in [7, 11) is 0. The van der Waals surface area contributed by atoms with Gasteiger partial charge in [0.05, 0.1) is 18.6 Å². The number of rotatable bonds is 4. The molecule has 0 aliphatic heterocycles. The smallest absolute Gasteiger partial charge is 0.309 e. The van der Waals surface area contributed by atoms with Gasteiger partial charge in [0.15, 0.2) is 0 Å². The Bertz CT molecular complexity index is 400. The van der Waals surface area contributed by atoms with Crippen LogP contribution in [-0.4, -0.2) is 22.4 Å². The molecular weight excluding hydrogens is 230 g/mol. The summed E-state index contributed by atoms with van der Waals surface area (Å²) in [5.41, 5.74) is -0.218. The van der Waals surface area contributed by atoms with Crippen LogP contribution < -0.4 is 0 Å². The van der Waals surface area contributed by atoms with Crippen molar-refractivity contribution in [3.8, 4) is 0 Å². The van der Waals surface area contributed by atoms with Gasteiger partial charge in [0, 0.05) is 6.20 Å². The lowest BCUT2D eigenvalue weighted by Gasteiger charge is -2.33. The predicted molar refractivity (Wildman–Crippen MR) is 55.6 cm³/mol. The molecule has 1 aromatic heterocycles. The van der Waals surface area contributed by atoms with Crippen molar-refractivity contribution in [3.63, 3.8) is 0 Å². The zero-order valence-corrected chi connectivity index (χ0v) is 9.47. The zero-order valence-electron chi connectivity index (χ0n) is 9.47. The number of carbonyl (C=O) groups is 1. The first-order chi connectivity index (χ1) is 8.11. The lowest BCUT2D eigenvalue weighted by molar-refractivity contribution is -0.152. The van der Waals surface area contributed by atoms with Crippen molar-refractivity contribution in [2.75, 3.05) is 6.61 Å². The average molecular weight is 244 g/mol. The number of nitrogens with zero attached hydrogens (tertiary/aromatic N) is 2. The Labute approximate surface area is 97.6 Å². The average Bonchev–Trinajstić information content (AvgIpc) is 2.65. The molecule has 1 fully saturated rings. The van der Waals surface area contributed by atoms with Crippen molar-refractivity contribution >= 4 is 5.97 Å². The molecular formula is C11H14F2N2O2. The summed E-state index contributed by atoms with van der Waals surface area (Å²) in [5, 5.41) is 3.79. The Morgan fingerprint density at radius 1 is 1.65 bits per heavy atom. The van der Waals surface area contributed by atoms with E-state index in [1.54, 1.807) is 6.92 Å². The van der Waals surface area contributed by atoms with Crippen LogP contribution in [0.1, 0.15) is 37.9 Å². The monoisotopic (exact) mass is 244 g/mol. The van der Waals surface area contributed by atoms with Crippen LogP contribution in [0.2, 0.25) is 0 Å². The molecule has 0 unspecified atom stereocenters. The van der Waals surface area contributed by atoms with Crippen LogP contribution in [0.4, 0.5) is 8.78 Å². The molecule has 0 spiro atoms. The Balaban J connectivity index is 1.88. The zero-order chi connectivity index (χ0) is 12.4. The van der Waals surface area contributed by atoms with Crippen LogP contribution in [0.3, 0.4) is 0 Å². The largest absolute Gasteiger partial charge is 0.466 e. The van der Waals surface area contributed by atoms with Crippen LogP contribution in [-0.2, 0) is 9.53 Å². The van der Waals surface area contributed by atoms with Crippen LogP contribution >= 0.6 is 0 Å². The standard InChI is InChI=1S/C11H14F2N2O2/c1-2-17-11(16)7-5-8(6-7)15-4-3-9(14-15)10(12)13/h3-4,7-8,10H,2,5-6H2,1H3/t7-,8-. The number of hydrogen-bond acceptors (Lipinski definition) is 3. The molecule has 1 aliphatic rings. The fourth-order valence-corrected chi connectivity index (χ4v) is 1.93. The van der Waals surface area contributed by atoms with Crippen LogP contribution in [0.15, 0.2) is 12.3 Å². The molecule has 0 amide bonds. The molecule has 1 heterocycles. The summed E-state index contributed by atoms with van der Waals surface area (Å²) in [6.45, 7) is 2.13. The summed E-state index contributed by atoms with van der Waals surface area (Å²) in [4.78, 5) is 11.3. The van der Waals surface area contributed by atoms with E-state index in [2.05, 4.69) is 5.10 Å². The van der Waals surface area contributed by atoms with Gasteiger partial charge in [-0.2, -0.15) is 5.10 Å². The molecule has 0 aromatic carbocycles. The van der Waals surface area contributed by atoms with Gasteiger partial charge in [-0.3, -0.25) is 9.48 Å². The Kier molecular flexibility index (Phi) is 3.40. The van der Waals surface area contributed by atoms with E-state index in [-0.39, 0.29) is 23.6 Å². The topological polar surface area (TPSA) is 44.1 Å². The second kappa shape index (κ2) is 4.81. The van der Waals surface area contributed by atoms with Crippen LogP contribution in [0.25, 0.3) is 0 Å². The fraction of sp³-hybridized carbons (Fsp3) is 0.636. The summed E-state index contributed by atoms with van der Waals surface area (Å²) < 4.78 is 31.0. The second-order valence-corrected chi connectivity index (χ2v) is 4.10. The fourth-order valence-electron chi connectivity index (χ4n) is 1.93. The molecule has 17 heavy (non-hydrogen) atoms. The third kappa shape index (κ3) is 2.45. The van der Waals surface area contributed by atoms with Crippen LogP contribution in [0, 0.1) is 5.92 Å². The molecule has 6 heteroatoms. The minimum atomic E-state index is -2.54. The van der Waals surface area contributed by atoms with E-state index >= 15 is 0 Å². The van der Waals surface area contributed by atoms with E-state index in [1.165, 1.54) is 16.9 Å². The van der Waals surface area contributed by atoms with E-state index < -0.39 is 6.43 Å². The van der Waals surface area contributed by atoms with E-state index in [1.807, 2.05) is 0 Å². The van der Waals surface area contributed by atoms with Gasteiger partial charge in [0.25, 0.3) is 6.43 Å². The first-order valence-electron chi connectivity index (χ1n) is 5.61. The van der Waals surface area contributed by atoms with Crippen molar-refractivity contribution < 1.29 is 18.3 Å². The molecule has 0 radical (unpaired) electrons. The molecule has 1 saturated carbocycles. The van der Waals surface area contributed by atoms with E-state index in [4.69, 9.17) is 4.74 Å². The van der Waals surface area contributed by atoms with Crippen molar-refractivity contribution in [3.05, 3.63) is 18.0 Å². The molecule has 2 rings (SSSR count). The maximum Gasteiger partial charge on any atom is 0.309 e. The number of ether oxygens (including phenoxy) is 1. The van der Waals surface area contributed by atoms with Gasteiger partial charge in [-0.25, -0.2) is 8.78 Å². The third-order valence-corrected chi connectivity index (χ3v) is 2.96. The number of esters is 1. The summed E-state index contributed by atoms with van der Waals surface area (Å²) in [6, 6.07) is 1.35. The van der Waals surface area contributed by atoms with Crippen molar-refractivity contribution in [1.29, 1.82) is 0 Å². The molecule has 4 nitrogen and oxygen atoms in total. The highest BCUT2D eigenvalue weighted by Gasteiger charge is 2.37. The number of carbonyl (C=O) groups excluding carboxylic acids is 1. The normalized spacial score (nSPS) is 23.5. The highest BCUT2D eigenvalue weighted by molar-refractivity contribution is 5.73. The van der Waals surface area contributed by atoms with E-state index in [0.29, 0.717) is 19.4 Å². The van der Waals surface area contributed by atoms with Gasteiger partial charge in [-0.1, -0.05) is 0 Å². The molecule has 0 N–H and O–H groups in total. The molecule has 0 atom stereocenters. The third-order valence-electron chi connectivity index (χ3n) is 2.96. The van der Waals surface area contributed by atoms with Gasteiger partial charge in [0.1, 0.15) is 5.69 Å². The minimum Gasteiger partial charge on any atom is -0.466 e. The highest BCUT2D eigenvalue weighted by atomic mass is 19.3. The SMILES string of the molecule is CCOC(=O)[C@H]1C[C@H](n2ccc(C(F)F)n2)C1. The van der Waals surface area contributed by atoms with Crippen molar-refractivity contribution in [1.82, 2.24) is 9.78 Å². The van der Waals surface area contributed by atoms with Crippen LogP contribution in [0.5, 0.6) is 0 Å². The number of aromatic nitrogens is 2. The predicted octanol–water partition coefficient (Wildman–Crippen LogP) is 2.33. The molecule has 1 aliphatic carbocycles. The van der Waals surface area contributed by atoms with Gasteiger partial charge in [-0.15, -0.1) is 0 Å². The summed E-state index contributed by atoms with van der Waals surface area (Å²) in [6.07, 6.45) is 0.220. The van der Waals surface area contributed by atoms with Gasteiger partial charge in [-0.05, 0) is 25.8 Å². The number of alkyl halides is 2. The van der Waals surface area contributed by atoms with Gasteiger partial charge in [0.2, 0.25) is 0 Å². The minimum absolute atomic E-state index is 0.0388. The van der Waals surface area contributed by atoms with Gasteiger partial charge >= 0.3 is 5.97 Å². The maximum absolute atomic E-state index is 12.3. The molecule has 1 aromatic rings. The molecule has 0 bridgehead atoms. The Morgan fingerprint density at radius 2 is 2.35 bits per heavy atom. The van der Waals surface area contributed by atoms with Crippen molar-refractivity contribution in [2.24, 2.45) is 5.92 Å². The quantitative estimate of drug-likeness (QED) is 0.763. The molecule has 94 valence electrons. The Morgan fingerprint density at radius 3 is 2.88 bits per heavy atom. The number of halogens is 2. The first kappa shape index (κ1) is 12.0. The van der Waals surface area contributed by atoms with E-state index in [0.717, 1.165) is 0 Å². The number of hydrogen-bond donors (Lipinski definition) is 0. The van der Waals surface area contributed by atoms with Crippen molar-refractivity contribution in [2.45, 2.75) is 32.2 Å². The van der Waals surface area contributed by atoms with Gasteiger partial charge < -0.3 is 4.74 Å². The lowest BCUT2D eigenvalue weighted by Crippen LogP contribution is -2.33. The highest BCUT2D eigenvalue weighted by Crippen LogP contribution is 2.38. The maximum atomic E-state index is 12.3. The summed E-state index contributed by atoms with van der Waals surface area (Å²) in [5.74, 6) is -0.316. The molecule has 0 saturated heterocycles. The second-order valence-electron chi connectivity index (χ2n) is 4.10. The lowest BCUT2D eigenvalue weighted by atomic mass is 9.80. The van der Waals surface area contributed by atoms with E-state index in [9.17, 15) is 13.6 Å². The first-order valence-corrected chi connectivity index (χ1v) is 5.61. The Hall–Kier alpha value is -1.46. The summed E-state index contributed by atoms with van der Waals surface area (Å²) >= 11 is 0.